The summed E-state index contributed by atoms with van der Waals surface area (Å²) in [4.78, 5) is 12.0. The Bertz CT molecular complexity index is 428. The van der Waals surface area contributed by atoms with Gasteiger partial charge < -0.3 is 14.8 Å². The predicted molar refractivity (Wildman–Crippen MR) is 70.5 cm³/mol. The first-order valence-corrected chi connectivity index (χ1v) is 6.85. The molecular formula is C15H19NO3. The molecule has 4 heteroatoms. The lowest BCUT2D eigenvalue weighted by molar-refractivity contribution is -0.123. The fourth-order valence-electron chi connectivity index (χ4n) is 2.89. The van der Waals surface area contributed by atoms with Gasteiger partial charge in [0, 0.05) is 12.0 Å². The fraction of sp³-hybridized carbons (Fsp3) is 0.533. The zero-order chi connectivity index (χ0) is 13.1. The van der Waals surface area contributed by atoms with E-state index in [9.17, 15) is 4.79 Å². The van der Waals surface area contributed by atoms with Crippen molar-refractivity contribution in [1.29, 1.82) is 0 Å². The van der Waals surface area contributed by atoms with Gasteiger partial charge in [0.15, 0.2) is 0 Å². The third-order valence-corrected chi connectivity index (χ3v) is 3.85. The Kier molecular flexibility index (Phi) is 3.80. The number of hydrogen-bond acceptors (Lipinski definition) is 3. The maximum atomic E-state index is 12.0. The summed E-state index contributed by atoms with van der Waals surface area (Å²) in [6.45, 7) is 0.986. The summed E-state index contributed by atoms with van der Waals surface area (Å²) in [7, 11) is 0. The summed E-state index contributed by atoms with van der Waals surface area (Å²) < 4.78 is 10.6. The van der Waals surface area contributed by atoms with Gasteiger partial charge in [-0.05, 0) is 24.8 Å². The second kappa shape index (κ2) is 5.72. The molecule has 2 saturated heterocycles. The third kappa shape index (κ3) is 3.14. The molecule has 0 saturated carbocycles. The first kappa shape index (κ1) is 12.6. The molecule has 102 valence electrons. The van der Waals surface area contributed by atoms with Crippen molar-refractivity contribution in [2.45, 2.75) is 31.4 Å². The second-order valence-corrected chi connectivity index (χ2v) is 5.34. The molecule has 1 N–H and O–H groups in total. The molecule has 3 atom stereocenters. The topological polar surface area (TPSA) is 47.6 Å². The van der Waals surface area contributed by atoms with Gasteiger partial charge in [0.25, 0.3) is 0 Å². The Morgan fingerprint density at radius 2 is 2.11 bits per heavy atom. The molecular weight excluding hydrogens is 242 g/mol. The highest BCUT2D eigenvalue weighted by molar-refractivity contribution is 5.81. The molecule has 0 aliphatic carbocycles. The molecule has 2 aliphatic rings. The Balaban J connectivity index is 1.54. The van der Waals surface area contributed by atoms with Gasteiger partial charge in [-0.2, -0.15) is 0 Å². The van der Waals surface area contributed by atoms with E-state index < -0.39 is 0 Å². The SMILES string of the molecule is O=C1NC(Cc2ccccc2)CC1CC1COCO1. The zero-order valence-electron chi connectivity index (χ0n) is 10.9. The standard InChI is InChI=1S/C15H19NO3/c17-15-12(8-14-9-18-10-19-14)7-13(16-15)6-11-4-2-1-3-5-11/h1-5,12-14H,6-10H2,(H,16,17). The molecule has 19 heavy (non-hydrogen) atoms. The van der Waals surface area contributed by atoms with Crippen LogP contribution in [0.15, 0.2) is 30.3 Å². The van der Waals surface area contributed by atoms with Gasteiger partial charge in [0.1, 0.15) is 6.79 Å². The van der Waals surface area contributed by atoms with E-state index in [1.807, 2.05) is 18.2 Å². The Morgan fingerprint density at radius 3 is 2.84 bits per heavy atom. The normalized spacial score (nSPS) is 30.5. The van der Waals surface area contributed by atoms with Crippen LogP contribution in [0.1, 0.15) is 18.4 Å². The van der Waals surface area contributed by atoms with Crippen LogP contribution in [0.4, 0.5) is 0 Å². The van der Waals surface area contributed by atoms with Crippen molar-refractivity contribution in [3.05, 3.63) is 35.9 Å². The first-order chi connectivity index (χ1) is 9.31. The average Bonchev–Trinajstić information content (AvgIpc) is 3.02. The van der Waals surface area contributed by atoms with Gasteiger partial charge in [0.2, 0.25) is 5.91 Å². The van der Waals surface area contributed by atoms with E-state index in [1.54, 1.807) is 0 Å². The first-order valence-electron chi connectivity index (χ1n) is 6.85. The molecule has 3 unspecified atom stereocenters. The number of nitrogens with one attached hydrogen (secondary N) is 1. The van der Waals surface area contributed by atoms with Crippen LogP contribution in [0.2, 0.25) is 0 Å². The summed E-state index contributed by atoms with van der Waals surface area (Å²) in [6, 6.07) is 10.5. The van der Waals surface area contributed by atoms with Crippen LogP contribution in [-0.2, 0) is 20.7 Å². The van der Waals surface area contributed by atoms with E-state index in [-0.39, 0.29) is 24.0 Å². The monoisotopic (exact) mass is 261 g/mol. The third-order valence-electron chi connectivity index (χ3n) is 3.85. The summed E-state index contributed by atoms with van der Waals surface area (Å²) in [6.07, 6.45) is 2.67. The van der Waals surface area contributed by atoms with E-state index in [2.05, 4.69) is 17.4 Å². The molecule has 1 amide bonds. The largest absolute Gasteiger partial charge is 0.353 e. The van der Waals surface area contributed by atoms with E-state index in [0.717, 1.165) is 19.3 Å². The average molecular weight is 261 g/mol. The number of rotatable bonds is 4. The highest BCUT2D eigenvalue weighted by Crippen LogP contribution is 2.25. The van der Waals surface area contributed by atoms with Crippen molar-refractivity contribution < 1.29 is 14.3 Å². The van der Waals surface area contributed by atoms with Crippen molar-refractivity contribution in [3.8, 4) is 0 Å². The Hall–Kier alpha value is -1.39. The molecule has 3 rings (SSSR count). The quantitative estimate of drug-likeness (QED) is 0.893. The molecule has 0 radical (unpaired) electrons. The van der Waals surface area contributed by atoms with Crippen LogP contribution in [0.3, 0.4) is 0 Å². The molecule has 2 aliphatic heterocycles. The summed E-state index contributed by atoms with van der Waals surface area (Å²) in [5, 5.41) is 3.09. The fourth-order valence-corrected chi connectivity index (χ4v) is 2.89. The molecule has 0 spiro atoms. The van der Waals surface area contributed by atoms with Gasteiger partial charge in [-0.3, -0.25) is 4.79 Å². The van der Waals surface area contributed by atoms with Crippen molar-refractivity contribution in [2.24, 2.45) is 5.92 Å². The van der Waals surface area contributed by atoms with Crippen LogP contribution >= 0.6 is 0 Å². The molecule has 1 aromatic rings. The Morgan fingerprint density at radius 1 is 1.26 bits per heavy atom. The second-order valence-electron chi connectivity index (χ2n) is 5.34. The van der Waals surface area contributed by atoms with Crippen LogP contribution in [0.5, 0.6) is 0 Å². The van der Waals surface area contributed by atoms with Crippen LogP contribution in [-0.4, -0.2) is 31.5 Å². The van der Waals surface area contributed by atoms with Gasteiger partial charge >= 0.3 is 0 Å². The van der Waals surface area contributed by atoms with Crippen molar-refractivity contribution in [3.63, 3.8) is 0 Å². The predicted octanol–water partition coefficient (Wildman–Crippen LogP) is 1.50. The summed E-state index contributed by atoms with van der Waals surface area (Å²) in [5.74, 6) is 0.233. The van der Waals surface area contributed by atoms with E-state index in [4.69, 9.17) is 9.47 Å². The van der Waals surface area contributed by atoms with E-state index >= 15 is 0 Å². The minimum absolute atomic E-state index is 0.0698. The number of amides is 1. The number of carbonyl (C=O) groups excluding carboxylic acids is 1. The number of ether oxygens (including phenoxy) is 2. The molecule has 2 fully saturated rings. The smallest absolute Gasteiger partial charge is 0.223 e. The molecule has 1 aromatic carbocycles. The van der Waals surface area contributed by atoms with E-state index in [1.165, 1.54) is 5.56 Å². The summed E-state index contributed by atoms with van der Waals surface area (Å²) >= 11 is 0. The molecule has 2 heterocycles. The minimum atomic E-state index is 0.0698. The van der Waals surface area contributed by atoms with Crippen molar-refractivity contribution in [1.82, 2.24) is 5.32 Å². The van der Waals surface area contributed by atoms with Crippen LogP contribution < -0.4 is 5.32 Å². The zero-order valence-corrected chi connectivity index (χ0v) is 10.9. The molecule has 4 nitrogen and oxygen atoms in total. The number of benzene rings is 1. The lowest BCUT2D eigenvalue weighted by Crippen LogP contribution is -2.28. The Labute approximate surface area is 113 Å². The van der Waals surface area contributed by atoms with Crippen molar-refractivity contribution >= 4 is 5.91 Å². The molecule has 0 aromatic heterocycles. The van der Waals surface area contributed by atoms with Crippen LogP contribution in [0.25, 0.3) is 0 Å². The highest BCUT2D eigenvalue weighted by Gasteiger charge is 2.34. The summed E-state index contributed by atoms with van der Waals surface area (Å²) in [5.41, 5.74) is 1.27. The lowest BCUT2D eigenvalue weighted by atomic mass is 9.95. The van der Waals surface area contributed by atoms with Gasteiger partial charge in [0.05, 0.1) is 12.7 Å². The van der Waals surface area contributed by atoms with Crippen molar-refractivity contribution in [2.75, 3.05) is 13.4 Å². The lowest BCUT2D eigenvalue weighted by Gasteiger charge is -2.12. The van der Waals surface area contributed by atoms with E-state index in [0.29, 0.717) is 13.4 Å². The number of hydrogen-bond donors (Lipinski definition) is 1. The van der Waals surface area contributed by atoms with Gasteiger partial charge in [-0.1, -0.05) is 30.3 Å². The molecule has 0 bridgehead atoms. The number of carbonyl (C=O) groups is 1. The maximum Gasteiger partial charge on any atom is 0.223 e. The maximum absolute atomic E-state index is 12.0. The minimum Gasteiger partial charge on any atom is -0.353 e. The van der Waals surface area contributed by atoms with Gasteiger partial charge in [-0.15, -0.1) is 0 Å². The van der Waals surface area contributed by atoms with Crippen LogP contribution in [0, 0.1) is 5.92 Å². The highest BCUT2D eigenvalue weighted by atomic mass is 16.7. The van der Waals surface area contributed by atoms with Gasteiger partial charge in [-0.25, -0.2) is 0 Å².